The van der Waals surface area contributed by atoms with E-state index in [1.807, 2.05) is 6.92 Å². The van der Waals surface area contributed by atoms with Gasteiger partial charge in [0.15, 0.2) is 5.82 Å². The maximum atomic E-state index is 4.88. The standard InChI is InChI=1S/C18H19IN4S/c1-10-5-7-14(8-6-10)17-16(11(2)18(19)24)12(3)23-13(4)21-22-15(23)9-20-17/h5-8,24H,9H2,1-4H3/b18-11-. The van der Waals surface area contributed by atoms with Gasteiger partial charge in [-0.15, -0.1) is 22.8 Å². The summed E-state index contributed by atoms with van der Waals surface area (Å²) in [4.78, 5) is 4.88. The van der Waals surface area contributed by atoms with E-state index < -0.39 is 0 Å². The van der Waals surface area contributed by atoms with Crippen molar-refractivity contribution in [2.24, 2.45) is 4.99 Å². The summed E-state index contributed by atoms with van der Waals surface area (Å²) in [7, 11) is 0. The van der Waals surface area contributed by atoms with Gasteiger partial charge in [0.05, 0.1) is 5.71 Å². The third-order valence-electron chi connectivity index (χ3n) is 4.21. The van der Waals surface area contributed by atoms with Gasteiger partial charge in [0.2, 0.25) is 0 Å². The average molecular weight is 450 g/mol. The molecule has 4 nitrogen and oxygen atoms in total. The van der Waals surface area contributed by atoms with Crippen LogP contribution in [-0.4, -0.2) is 20.5 Å². The smallest absolute Gasteiger partial charge is 0.159 e. The lowest BCUT2D eigenvalue weighted by molar-refractivity contribution is 0.867. The zero-order valence-corrected chi connectivity index (χ0v) is 17.2. The Morgan fingerprint density at radius 2 is 1.79 bits per heavy atom. The number of benzene rings is 1. The van der Waals surface area contributed by atoms with Crippen molar-refractivity contribution in [1.82, 2.24) is 14.8 Å². The van der Waals surface area contributed by atoms with Gasteiger partial charge in [-0.05, 0) is 55.9 Å². The molecular weight excluding hydrogens is 431 g/mol. The van der Waals surface area contributed by atoms with Crippen molar-refractivity contribution in [3.05, 3.63) is 61.1 Å². The van der Waals surface area contributed by atoms with Crippen molar-refractivity contribution < 1.29 is 0 Å². The zero-order chi connectivity index (χ0) is 17.4. The number of aromatic nitrogens is 3. The SMILES string of the molecule is CC1=C(/C(C)=C(\S)I)C(c2ccc(C)cc2)=NCc2nnc(C)n21. The molecule has 0 bridgehead atoms. The maximum Gasteiger partial charge on any atom is 0.159 e. The van der Waals surface area contributed by atoms with Crippen LogP contribution in [0.25, 0.3) is 5.70 Å². The Balaban J connectivity index is 2.29. The first kappa shape index (κ1) is 17.4. The molecule has 0 saturated heterocycles. The fraction of sp³-hybridized carbons (Fsp3) is 0.278. The average Bonchev–Trinajstić information content (AvgIpc) is 2.84. The maximum absolute atomic E-state index is 4.88. The van der Waals surface area contributed by atoms with E-state index >= 15 is 0 Å². The molecule has 24 heavy (non-hydrogen) atoms. The molecule has 2 aromatic rings. The minimum absolute atomic E-state index is 0.515. The number of nitrogens with zero attached hydrogens (tertiary/aromatic N) is 4. The number of hydrogen-bond donors (Lipinski definition) is 1. The number of hydrogen-bond acceptors (Lipinski definition) is 4. The van der Waals surface area contributed by atoms with E-state index in [1.165, 1.54) is 5.56 Å². The molecule has 124 valence electrons. The largest absolute Gasteiger partial charge is 0.285 e. The van der Waals surface area contributed by atoms with E-state index in [2.05, 4.69) is 95.0 Å². The van der Waals surface area contributed by atoms with E-state index in [-0.39, 0.29) is 0 Å². The van der Waals surface area contributed by atoms with Crippen molar-refractivity contribution in [2.75, 3.05) is 0 Å². The molecule has 1 aromatic heterocycles. The molecule has 0 N–H and O–H groups in total. The second-order valence-electron chi connectivity index (χ2n) is 5.91. The van der Waals surface area contributed by atoms with E-state index in [1.54, 1.807) is 0 Å². The predicted octanol–water partition coefficient (Wildman–Crippen LogP) is 4.73. The monoisotopic (exact) mass is 450 g/mol. The first-order valence-electron chi connectivity index (χ1n) is 7.70. The molecule has 2 heterocycles. The number of rotatable bonds is 2. The summed E-state index contributed by atoms with van der Waals surface area (Å²) < 4.78 is 3.05. The highest BCUT2D eigenvalue weighted by Crippen LogP contribution is 2.32. The predicted molar refractivity (Wildman–Crippen MR) is 111 cm³/mol. The van der Waals surface area contributed by atoms with Crippen LogP contribution in [0.1, 0.15) is 36.6 Å². The number of aliphatic imine (C=N–C) groups is 1. The Kier molecular flexibility index (Phi) is 4.96. The van der Waals surface area contributed by atoms with Gasteiger partial charge in [0, 0.05) is 19.7 Å². The molecule has 0 atom stereocenters. The second-order valence-corrected chi connectivity index (χ2v) is 8.29. The summed E-state index contributed by atoms with van der Waals surface area (Å²) in [5.41, 5.74) is 6.62. The Bertz CT molecular complexity index is 884. The normalized spacial score (nSPS) is 15.7. The van der Waals surface area contributed by atoms with Gasteiger partial charge in [-0.25, -0.2) is 0 Å². The molecule has 0 spiro atoms. The van der Waals surface area contributed by atoms with Crippen LogP contribution in [0.15, 0.2) is 43.3 Å². The van der Waals surface area contributed by atoms with Gasteiger partial charge >= 0.3 is 0 Å². The van der Waals surface area contributed by atoms with Crippen molar-refractivity contribution in [2.45, 2.75) is 34.2 Å². The second kappa shape index (κ2) is 6.84. The van der Waals surface area contributed by atoms with Gasteiger partial charge < -0.3 is 0 Å². The van der Waals surface area contributed by atoms with Crippen LogP contribution in [0.2, 0.25) is 0 Å². The summed E-state index contributed by atoms with van der Waals surface area (Å²) in [5, 5.41) is 8.49. The van der Waals surface area contributed by atoms with E-state index in [4.69, 9.17) is 4.99 Å². The van der Waals surface area contributed by atoms with Gasteiger partial charge in [0.1, 0.15) is 12.4 Å². The third-order valence-corrected chi connectivity index (χ3v) is 5.36. The summed E-state index contributed by atoms with van der Waals surface area (Å²) >= 11 is 6.82. The van der Waals surface area contributed by atoms with Crippen molar-refractivity contribution in [3.63, 3.8) is 0 Å². The van der Waals surface area contributed by atoms with E-state index in [9.17, 15) is 0 Å². The number of allylic oxidation sites excluding steroid dienone is 3. The van der Waals surface area contributed by atoms with Gasteiger partial charge in [-0.3, -0.25) is 9.56 Å². The summed E-state index contributed by atoms with van der Waals surface area (Å²) in [6.07, 6.45) is 0. The van der Waals surface area contributed by atoms with Crippen molar-refractivity contribution in [1.29, 1.82) is 0 Å². The Morgan fingerprint density at radius 3 is 2.42 bits per heavy atom. The van der Waals surface area contributed by atoms with Gasteiger partial charge in [-0.1, -0.05) is 29.8 Å². The molecule has 0 fully saturated rings. The number of fused-ring (bicyclic) bond motifs is 1. The van der Waals surface area contributed by atoms with Crippen molar-refractivity contribution in [3.8, 4) is 0 Å². The van der Waals surface area contributed by atoms with Crippen LogP contribution in [-0.2, 0) is 6.54 Å². The molecule has 1 aliphatic heterocycles. The molecule has 0 radical (unpaired) electrons. The Morgan fingerprint density at radius 1 is 1.12 bits per heavy atom. The summed E-state index contributed by atoms with van der Waals surface area (Å²) in [6, 6.07) is 8.48. The minimum Gasteiger partial charge on any atom is -0.285 e. The lowest BCUT2D eigenvalue weighted by atomic mass is 9.95. The molecule has 1 aliphatic rings. The minimum atomic E-state index is 0.515. The van der Waals surface area contributed by atoms with Gasteiger partial charge in [-0.2, -0.15) is 0 Å². The number of aryl methyl sites for hydroxylation is 2. The quantitative estimate of drug-likeness (QED) is 0.532. The van der Waals surface area contributed by atoms with Crippen LogP contribution >= 0.6 is 35.2 Å². The molecule has 1 aromatic carbocycles. The van der Waals surface area contributed by atoms with Crippen molar-refractivity contribution >= 4 is 46.6 Å². The summed E-state index contributed by atoms with van der Waals surface area (Å²) in [6.45, 7) is 8.76. The molecular formula is C18H19IN4S. The first-order chi connectivity index (χ1) is 11.4. The van der Waals surface area contributed by atoms with Gasteiger partial charge in [0.25, 0.3) is 0 Å². The van der Waals surface area contributed by atoms with Crippen LogP contribution in [0.4, 0.5) is 0 Å². The van der Waals surface area contributed by atoms with E-state index in [0.29, 0.717) is 6.54 Å². The highest BCUT2D eigenvalue weighted by atomic mass is 127. The highest BCUT2D eigenvalue weighted by Gasteiger charge is 2.23. The lowest BCUT2D eigenvalue weighted by Crippen LogP contribution is -2.10. The van der Waals surface area contributed by atoms with E-state index in [0.717, 1.165) is 42.7 Å². The molecule has 0 amide bonds. The Labute approximate surface area is 161 Å². The zero-order valence-electron chi connectivity index (χ0n) is 14.1. The topological polar surface area (TPSA) is 43.1 Å². The highest BCUT2D eigenvalue weighted by molar-refractivity contribution is 14.1. The Hall–Kier alpha value is -1.41. The number of halogens is 1. The molecule has 0 unspecified atom stereocenters. The third kappa shape index (κ3) is 3.09. The molecule has 3 rings (SSSR count). The number of thiol groups is 1. The molecule has 0 aliphatic carbocycles. The van der Waals surface area contributed by atoms with Crippen LogP contribution in [0.5, 0.6) is 0 Å². The van der Waals surface area contributed by atoms with Crippen LogP contribution in [0.3, 0.4) is 0 Å². The van der Waals surface area contributed by atoms with Crippen LogP contribution in [0, 0.1) is 13.8 Å². The fourth-order valence-corrected chi connectivity index (χ4v) is 3.34. The first-order valence-corrected chi connectivity index (χ1v) is 9.22. The molecule has 6 heteroatoms. The fourth-order valence-electron chi connectivity index (χ4n) is 2.96. The van der Waals surface area contributed by atoms with Crippen LogP contribution < -0.4 is 0 Å². The summed E-state index contributed by atoms with van der Waals surface area (Å²) in [5.74, 6) is 1.74. The lowest BCUT2D eigenvalue weighted by Gasteiger charge is -2.16. The molecule has 0 saturated carbocycles.